The number of fused-ring (bicyclic) bond motifs is 1. The number of sulfonamides is 1. The Morgan fingerprint density at radius 3 is 2.50 bits per heavy atom. The molecule has 3 aromatic heterocycles. The Hall–Kier alpha value is -3.31. The second-order valence-corrected chi connectivity index (χ2v) is 9.18. The van der Waals surface area contributed by atoms with Gasteiger partial charge in [-0.05, 0) is 11.6 Å². The molecule has 5 rings (SSSR count). The van der Waals surface area contributed by atoms with Crippen molar-refractivity contribution in [3.8, 4) is 16.9 Å². The van der Waals surface area contributed by atoms with E-state index < -0.39 is 10.0 Å². The number of nitrogens with one attached hydrogen (secondary N) is 1. The summed E-state index contributed by atoms with van der Waals surface area (Å²) in [5.41, 5.74) is 2.96. The first kappa shape index (κ1) is 18.7. The van der Waals surface area contributed by atoms with Crippen LogP contribution in [0.5, 0.6) is 0 Å². The zero-order valence-corrected chi connectivity index (χ0v) is 17.1. The molecule has 4 heterocycles. The Bertz CT molecular complexity index is 1290. The highest BCUT2D eigenvalue weighted by Gasteiger charge is 2.24. The third-order valence-corrected chi connectivity index (χ3v) is 6.59. The van der Waals surface area contributed by atoms with Crippen molar-refractivity contribution in [3.63, 3.8) is 0 Å². The average molecular weight is 424 g/mol. The summed E-state index contributed by atoms with van der Waals surface area (Å²) >= 11 is 0. The quantitative estimate of drug-likeness (QED) is 0.525. The summed E-state index contributed by atoms with van der Waals surface area (Å²) in [5.74, 6) is 1.41. The maximum atomic E-state index is 11.7. The van der Waals surface area contributed by atoms with Crippen LogP contribution < -0.4 is 4.90 Å². The standard InChI is InChI=1S/C19H20N8O2S/c1-30(28,29)26-6-4-25(5-7-26)18-9-19(21-13-20-18)27-17-8-14(16-10-22-23-11-16)2-3-15(17)12-24-27/h2-3,8-13H,4-7H2,1H3,(H,22,23). The van der Waals surface area contributed by atoms with E-state index in [4.69, 9.17) is 0 Å². The number of aromatic amines is 1. The van der Waals surface area contributed by atoms with Crippen molar-refractivity contribution in [1.29, 1.82) is 0 Å². The molecule has 0 unspecified atom stereocenters. The average Bonchev–Trinajstić information content (AvgIpc) is 3.43. The number of rotatable bonds is 4. The Balaban J connectivity index is 1.46. The number of nitrogens with zero attached hydrogens (tertiary/aromatic N) is 7. The molecule has 0 saturated carbocycles. The van der Waals surface area contributed by atoms with Crippen LogP contribution in [0.2, 0.25) is 0 Å². The maximum Gasteiger partial charge on any atom is 0.211 e. The molecule has 1 saturated heterocycles. The van der Waals surface area contributed by atoms with Crippen molar-refractivity contribution >= 4 is 26.7 Å². The topological polar surface area (TPSA) is 113 Å². The van der Waals surface area contributed by atoms with Gasteiger partial charge in [0.15, 0.2) is 5.82 Å². The van der Waals surface area contributed by atoms with Gasteiger partial charge < -0.3 is 4.90 Å². The van der Waals surface area contributed by atoms with Crippen LogP contribution in [0.3, 0.4) is 0 Å². The van der Waals surface area contributed by atoms with Crippen LogP contribution in [0.1, 0.15) is 0 Å². The Labute approximate surface area is 173 Å². The summed E-state index contributed by atoms with van der Waals surface area (Å²) < 4.78 is 26.8. The third kappa shape index (κ3) is 3.42. The van der Waals surface area contributed by atoms with Gasteiger partial charge in [-0.1, -0.05) is 12.1 Å². The van der Waals surface area contributed by atoms with E-state index in [0.717, 1.165) is 27.8 Å². The Morgan fingerprint density at radius 2 is 1.77 bits per heavy atom. The predicted molar refractivity (Wildman–Crippen MR) is 113 cm³/mol. The van der Waals surface area contributed by atoms with Crippen molar-refractivity contribution in [3.05, 3.63) is 49.2 Å². The molecule has 30 heavy (non-hydrogen) atoms. The molecule has 0 aliphatic carbocycles. The molecule has 154 valence electrons. The van der Waals surface area contributed by atoms with E-state index in [-0.39, 0.29) is 0 Å². The number of H-pyrrole nitrogens is 1. The molecule has 11 heteroatoms. The number of hydrogen-bond donors (Lipinski definition) is 1. The number of anilines is 1. The number of hydrogen-bond acceptors (Lipinski definition) is 7. The van der Waals surface area contributed by atoms with Gasteiger partial charge in [-0.3, -0.25) is 5.10 Å². The first-order chi connectivity index (χ1) is 14.5. The largest absolute Gasteiger partial charge is 0.354 e. The van der Waals surface area contributed by atoms with Gasteiger partial charge in [0.1, 0.15) is 12.1 Å². The molecule has 1 aliphatic rings. The molecule has 0 bridgehead atoms. The number of benzene rings is 1. The van der Waals surface area contributed by atoms with Crippen LogP contribution in [-0.4, -0.2) is 75.1 Å². The maximum absolute atomic E-state index is 11.7. The van der Waals surface area contributed by atoms with Gasteiger partial charge in [-0.2, -0.15) is 14.5 Å². The van der Waals surface area contributed by atoms with E-state index in [1.807, 2.05) is 24.4 Å². The first-order valence-corrected chi connectivity index (χ1v) is 11.3. The molecule has 0 amide bonds. The molecule has 4 aromatic rings. The van der Waals surface area contributed by atoms with Gasteiger partial charge in [0, 0.05) is 49.4 Å². The SMILES string of the molecule is CS(=O)(=O)N1CCN(c2cc(-n3ncc4ccc(-c5cn[nH]c5)cc43)ncn2)CC1. The smallest absolute Gasteiger partial charge is 0.211 e. The summed E-state index contributed by atoms with van der Waals surface area (Å²) in [5, 5.41) is 12.4. The van der Waals surface area contributed by atoms with E-state index in [2.05, 4.69) is 36.2 Å². The lowest BCUT2D eigenvalue weighted by Gasteiger charge is -2.33. The van der Waals surface area contributed by atoms with E-state index in [0.29, 0.717) is 32.0 Å². The molecule has 0 atom stereocenters. The van der Waals surface area contributed by atoms with Gasteiger partial charge in [-0.15, -0.1) is 0 Å². The first-order valence-electron chi connectivity index (χ1n) is 9.48. The van der Waals surface area contributed by atoms with Crippen LogP contribution in [0.15, 0.2) is 49.2 Å². The highest BCUT2D eigenvalue weighted by molar-refractivity contribution is 7.88. The minimum Gasteiger partial charge on any atom is -0.354 e. The molecule has 1 fully saturated rings. The minimum absolute atomic E-state index is 0.441. The summed E-state index contributed by atoms with van der Waals surface area (Å²) in [6, 6.07) is 7.99. The van der Waals surface area contributed by atoms with Crippen molar-refractivity contribution in [2.24, 2.45) is 0 Å². The number of piperazine rings is 1. The van der Waals surface area contributed by atoms with Crippen LogP contribution >= 0.6 is 0 Å². The summed E-state index contributed by atoms with van der Waals surface area (Å²) in [6.07, 6.45) is 8.19. The molecule has 0 radical (unpaired) electrons. The zero-order valence-electron chi connectivity index (χ0n) is 16.3. The lowest BCUT2D eigenvalue weighted by Crippen LogP contribution is -2.48. The third-order valence-electron chi connectivity index (χ3n) is 5.29. The van der Waals surface area contributed by atoms with Crippen LogP contribution in [0, 0.1) is 0 Å². The fourth-order valence-corrected chi connectivity index (χ4v) is 4.49. The van der Waals surface area contributed by atoms with Gasteiger partial charge in [-0.25, -0.2) is 23.1 Å². The highest BCUT2D eigenvalue weighted by Crippen LogP contribution is 2.26. The van der Waals surface area contributed by atoms with Gasteiger partial charge >= 0.3 is 0 Å². The van der Waals surface area contributed by atoms with Crippen molar-refractivity contribution in [2.45, 2.75) is 0 Å². The molecule has 10 nitrogen and oxygen atoms in total. The molecular formula is C19H20N8O2S. The van der Waals surface area contributed by atoms with Crippen LogP contribution in [0.25, 0.3) is 27.8 Å². The highest BCUT2D eigenvalue weighted by atomic mass is 32.2. The van der Waals surface area contributed by atoms with E-state index in [1.165, 1.54) is 16.9 Å². The fourth-order valence-electron chi connectivity index (χ4n) is 3.66. The van der Waals surface area contributed by atoms with Crippen LogP contribution in [0.4, 0.5) is 5.82 Å². The van der Waals surface area contributed by atoms with Crippen molar-refractivity contribution in [1.82, 2.24) is 34.3 Å². The van der Waals surface area contributed by atoms with Gasteiger partial charge in [0.25, 0.3) is 0 Å². The monoisotopic (exact) mass is 424 g/mol. The summed E-state index contributed by atoms with van der Waals surface area (Å²) in [7, 11) is -3.17. The predicted octanol–water partition coefficient (Wildman–Crippen LogP) is 1.29. The zero-order chi connectivity index (χ0) is 20.7. The molecule has 1 aliphatic heterocycles. The summed E-state index contributed by atoms with van der Waals surface area (Å²) in [6.45, 7) is 2.04. The lowest BCUT2D eigenvalue weighted by atomic mass is 10.1. The van der Waals surface area contributed by atoms with Crippen molar-refractivity contribution in [2.75, 3.05) is 37.3 Å². The van der Waals surface area contributed by atoms with Gasteiger partial charge in [0.2, 0.25) is 10.0 Å². The Morgan fingerprint density at radius 1 is 0.967 bits per heavy atom. The van der Waals surface area contributed by atoms with E-state index >= 15 is 0 Å². The second kappa shape index (κ2) is 7.18. The molecular weight excluding hydrogens is 404 g/mol. The van der Waals surface area contributed by atoms with E-state index in [1.54, 1.807) is 17.1 Å². The van der Waals surface area contributed by atoms with Gasteiger partial charge in [0.05, 0.1) is 24.2 Å². The normalized spacial score (nSPS) is 15.7. The lowest BCUT2D eigenvalue weighted by molar-refractivity contribution is 0.387. The van der Waals surface area contributed by atoms with E-state index in [9.17, 15) is 8.42 Å². The van der Waals surface area contributed by atoms with Crippen LogP contribution in [-0.2, 0) is 10.0 Å². The summed E-state index contributed by atoms with van der Waals surface area (Å²) in [4.78, 5) is 10.9. The molecule has 0 spiro atoms. The molecule has 1 aromatic carbocycles. The minimum atomic E-state index is -3.17. The number of aromatic nitrogens is 6. The fraction of sp³-hybridized carbons (Fsp3) is 0.263. The van der Waals surface area contributed by atoms with Crippen molar-refractivity contribution < 1.29 is 8.42 Å². The Kier molecular flexibility index (Phi) is 4.48. The molecule has 1 N–H and O–H groups in total. The second-order valence-electron chi connectivity index (χ2n) is 7.20.